The van der Waals surface area contributed by atoms with Crippen LogP contribution in [-0.4, -0.2) is 37.5 Å². The number of hydrogen-bond acceptors (Lipinski definition) is 4. The molecule has 2 heterocycles. The second-order valence-electron chi connectivity index (χ2n) is 9.77. The van der Waals surface area contributed by atoms with Gasteiger partial charge in [-0.2, -0.15) is 0 Å². The Labute approximate surface area is 214 Å². The fourth-order valence-corrected chi connectivity index (χ4v) is 6.84. The first-order valence-electron chi connectivity index (χ1n) is 11.8. The minimum Gasteiger partial charge on any atom is -0.468 e. The molecule has 0 aliphatic carbocycles. The molecule has 0 aromatic heterocycles. The van der Waals surface area contributed by atoms with E-state index in [1.165, 1.54) is 7.11 Å². The van der Waals surface area contributed by atoms with E-state index in [4.69, 9.17) is 4.74 Å². The average Bonchev–Trinajstić information content (AvgIpc) is 3.29. The third-order valence-corrected chi connectivity index (χ3v) is 8.43. The third kappa shape index (κ3) is 3.30. The van der Waals surface area contributed by atoms with Crippen molar-refractivity contribution in [3.8, 4) is 0 Å². The molecule has 0 bridgehead atoms. The lowest BCUT2D eigenvalue weighted by atomic mass is 9.58. The van der Waals surface area contributed by atoms with Crippen LogP contribution in [0.2, 0.25) is 0 Å². The van der Waals surface area contributed by atoms with Crippen LogP contribution in [0.4, 0.5) is 5.69 Å². The minimum atomic E-state index is -1.22. The molecule has 0 unspecified atom stereocenters. The number of carbonyl (C=O) groups excluding carboxylic acids is 2. The number of fused-ring (bicyclic) bond motifs is 2. The molecule has 2 aliphatic heterocycles. The first-order valence-corrected chi connectivity index (χ1v) is 12.6. The maximum absolute atomic E-state index is 14.2. The van der Waals surface area contributed by atoms with Crippen molar-refractivity contribution in [2.75, 3.05) is 26.0 Å². The van der Waals surface area contributed by atoms with Crippen molar-refractivity contribution >= 4 is 33.5 Å². The molecular formula is C29H29BrN2O3. The molecule has 1 saturated heterocycles. The fourth-order valence-electron chi connectivity index (χ4n) is 6.42. The zero-order chi connectivity index (χ0) is 25.0. The van der Waals surface area contributed by atoms with Gasteiger partial charge in [-0.05, 0) is 62.2 Å². The van der Waals surface area contributed by atoms with E-state index in [2.05, 4.69) is 57.3 Å². The van der Waals surface area contributed by atoms with Crippen molar-refractivity contribution in [2.24, 2.45) is 5.41 Å². The molecule has 35 heavy (non-hydrogen) atoms. The summed E-state index contributed by atoms with van der Waals surface area (Å²) in [6.45, 7) is 4.63. The summed E-state index contributed by atoms with van der Waals surface area (Å²) < 4.78 is 6.53. The summed E-state index contributed by atoms with van der Waals surface area (Å²) in [5.41, 5.74) is 3.38. The summed E-state index contributed by atoms with van der Waals surface area (Å²) in [5, 5.41) is 3.09. The number of likely N-dealkylation sites (tertiary alicyclic amines) is 1. The number of ether oxygens (including phenoxy) is 1. The minimum absolute atomic E-state index is 0.186. The van der Waals surface area contributed by atoms with Gasteiger partial charge in [-0.15, -0.1) is 0 Å². The van der Waals surface area contributed by atoms with Crippen molar-refractivity contribution < 1.29 is 14.3 Å². The lowest BCUT2D eigenvalue weighted by Gasteiger charge is -2.45. The van der Waals surface area contributed by atoms with Crippen LogP contribution in [0, 0.1) is 19.3 Å². The number of hydrogen-bond donors (Lipinski definition) is 1. The Bertz CT molecular complexity index is 1340. The summed E-state index contributed by atoms with van der Waals surface area (Å²) in [5.74, 6) is -0.844. The van der Waals surface area contributed by atoms with E-state index >= 15 is 0 Å². The average molecular weight is 533 g/mol. The molecule has 0 saturated carbocycles. The fraction of sp³-hybridized carbons (Fsp3) is 0.310. The second kappa shape index (κ2) is 8.61. The number of likely N-dealkylation sites (N-methyl/N-ethyl adjacent to an activating group) is 1. The molecule has 1 spiro atoms. The second-order valence-corrected chi connectivity index (χ2v) is 10.7. The largest absolute Gasteiger partial charge is 0.468 e. The molecule has 3 aromatic carbocycles. The third-order valence-electron chi connectivity index (χ3n) is 7.94. The molecule has 1 amide bonds. The number of esters is 1. The SMILES string of the molecule is COC(=O)[C@@]1(Cc2cc(C)ccc2C)[C@H](c2cccc(Br)c2)CN(C)[C@]12C(=O)Nc1ccccc12. The van der Waals surface area contributed by atoms with Gasteiger partial charge >= 0.3 is 5.97 Å². The smallest absolute Gasteiger partial charge is 0.315 e. The molecule has 1 N–H and O–H groups in total. The molecule has 5 rings (SSSR count). The number of halogens is 1. The van der Waals surface area contributed by atoms with Crippen molar-refractivity contribution in [1.82, 2.24) is 4.90 Å². The number of methoxy groups -OCH3 is 1. The first kappa shape index (κ1) is 23.8. The normalized spacial score (nSPS) is 25.5. The summed E-state index contributed by atoms with van der Waals surface area (Å²) in [4.78, 5) is 30.4. The molecule has 5 nitrogen and oxygen atoms in total. The van der Waals surface area contributed by atoms with Gasteiger partial charge in [0.15, 0.2) is 0 Å². The molecule has 3 aromatic rings. The van der Waals surface area contributed by atoms with Crippen LogP contribution in [0.25, 0.3) is 0 Å². The van der Waals surface area contributed by atoms with Crippen molar-refractivity contribution in [3.05, 3.63) is 99.0 Å². The van der Waals surface area contributed by atoms with Gasteiger partial charge in [0.2, 0.25) is 0 Å². The van der Waals surface area contributed by atoms with E-state index < -0.39 is 11.0 Å². The quantitative estimate of drug-likeness (QED) is 0.460. The van der Waals surface area contributed by atoms with E-state index in [1.54, 1.807) is 0 Å². The Morgan fingerprint density at radius 3 is 2.63 bits per heavy atom. The first-order chi connectivity index (χ1) is 16.8. The number of nitrogens with zero attached hydrogens (tertiary/aromatic N) is 1. The van der Waals surface area contributed by atoms with Crippen LogP contribution in [0.1, 0.15) is 33.7 Å². The van der Waals surface area contributed by atoms with Crippen LogP contribution in [0.3, 0.4) is 0 Å². The maximum Gasteiger partial charge on any atom is 0.315 e. The highest BCUT2D eigenvalue weighted by Gasteiger charge is 2.74. The number of carbonyl (C=O) groups is 2. The van der Waals surface area contributed by atoms with Gasteiger partial charge in [0, 0.05) is 28.2 Å². The Kier molecular flexibility index (Phi) is 5.85. The molecule has 1 fully saturated rings. The zero-order valence-corrected chi connectivity index (χ0v) is 22.0. The molecular weight excluding hydrogens is 504 g/mol. The summed E-state index contributed by atoms with van der Waals surface area (Å²) in [6, 6.07) is 22.0. The number of benzene rings is 3. The van der Waals surface area contributed by atoms with Gasteiger partial charge in [0.05, 0.1) is 7.11 Å². The molecule has 3 atom stereocenters. The van der Waals surface area contributed by atoms with E-state index in [1.807, 2.05) is 56.4 Å². The molecule has 180 valence electrons. The van der Waals surface area contributed by atoms with Gasteiger partial charge < -0.3 is 10.1 Å². The highest BCUT2D eigenvalue weighted by Crippen LogP contribution is 2.63. The summed E-state index contributed by atoms with van der Waals surface area (Å²) in [7, 11) is 3.37. The zero-order valence-electron chi connectivity index (χ0n) is 20.4. The molecule has 0 radical (unpaired) electrons. The predicted molar refractivity (Wildman–Crippen MR) is 140 cm³/mol. The highest BCUT2D eigenvalue weighted by molar-refractivity contribution is 9.10. The lowest BCUT2D eigenvalue weighted by Crippen LogP contribution is -2.60. The summed E-state index contributed by atoms with van der Waals surface area (Å²) >= 11 is 3.61. The van der Waals surface area contributed by atoms with Crippen LogP contribution in [0.5, 0.6) is 0 Å². The monoisotopic (exact) mass is 532 g/mol. The Balaban J connectivity index is 1.87. The van der Waals surface area contributed by atoms with Crippen molar-refractivity contribution in [1.29, 1.82) is 0 Å². The number of para-hydroxylation sites is 1. The van der Waals surface area contributed by atoms with Gasteiger partial charge in [-0.1, -0.05) is 70.0 Å². The summed E-state index contributed by atoms with van der Waals surface area (Å²) in [6.07, 6.45) is 0.371. The number of nitrogens with one attached hydrogen (secondary N) is 1. The lowest BCUT2D eigenvalue weighted by molar-refractivity contribution is -0.164. The van der Waals surface area contributed by atoms with Crippen molar-refractivity contribution in [3.63, 3.8) is 0 Å². The molecule has 2 aliphatic rings. The topological polar surface area (TPSA) is 58.6 Å². The Hall–Kier alpha value is -2.96. The van der Waals surface area contributed by atoms with Crippen LogP contribution >= 0.6 is 15.9 Å². The number of rotatable bonds is 4. The van der Waals surface area contributed by atoms with Gasteiger partial charge in [0.25, 0.3) is 5.91 Å². The van der Waals surface area contributed by atoms with Gasteiger partial charge in [0.1, 0.15) is 11.0 Å². The van der Waals surface area contributed by atoms with Crippen LogP contribution in [-0.2, 0) is 26.3 Å². The van der Waals surface area contributed by atoms with Gasteiger partial charge in [-0.3, -0.25) is 14.5 Å². The van der Waals surface area contributed by atoms with Crippen LogP contribution < -0.4 is 5.32 Å². The molecule has 6 heteroatoms. The number of amides is 1. The number of anilines is 1. The van der Waals surface area contributed by atoms with Gasteiger partial charge in [-0.25, -0.2) is 0 Å². The Morgan fingerprint density at radius 2 is 1.89 bits per heavy atom. The van der Waals surface area contributed by atoms with E-state index in [0.29, 0.717) is 13.0 Å². The van der Waals surface area contributed by atoms with Crippen molar-refractivity contribution in [2.45, 2.75) is 31.7 Å². The van der Waals surface area contributed by atoms with E-state index in [-0.39, 0.29) is 17.8 Å². The predicted octanol–water partition coefficient (Wildman–Crippen LogP) is 5.34. The Morgan fingerprint density at radius 1 is 1.11 bits per heavy atom. The van der Waals surface area contributed by atoms with E-state index in [0.717, 1.165) is 38.0 Å². The maximum atomic E-state index is 14.2. The van der Waals surface area contributed by atoms with E-state index in [9.17, 15) is 9.59 Å². The van der Waals surface area contributed by atoms with Crippen LogP contribution in [0.15, 0.2) is 71.2 Å². The standard InChI is InChI=1S/C29H29BrN2O3/c1-18-12-13-19(2)21(14-18)16-28(27(34)35-4)24(20-8-7-9-22(30)15-20)17-32(3)29(28)23-10-5-6-11-25(23)31-26(29)33/h5-15,24H,16-17H2,1-4H3,(H,31,33)/t24-,28+,29+/m0/s1. The number of aryl methyl sites for hydroxylation is 2. The highest BCUT2D eigenvalue weighted by atomic mass is 79.9.